The highest BCUT2D eigenvalue weighted by Crippen LogP contribution is 2.29. The predicted molar refractivity (Wildman–Crippen MR) is 56.1 cm³/mol. The molecule has 1 rings (SSSR count). The zero-order chi connectivity index (χ0) is 11.6. The molecule has 0 unspecified atom stereocenters. The van der Waals surface area contributed by atoms with Crippen LogP contribution in [0.5, 0.6) is 0 Å². The molecule has 0 heterocycles. The quantitative estimate of drug-likeness (QED) is 0.453. The SMILES string of the molecule is CC(C)(C#N)c1ccc(N)c([N+](=O)[O-])c1. The van der Waals surface area contributed by atoms with E-state index < -0.39 is 10.3 Å². The van der Waals surface area contributed by atoms with Crippen molar-refractivity contribution in [2.75, 3.05) is 5.73 Å². The van der Waals surface area contributed by atoms with Gasteiger partial charge < -0.3 is 5.73 Å². The summed E-state index contributed by atoms with van der Waals surface area (Å²) in [5, 5.41) is 19.5. The number of anilines is 1. The maximum atomic E-state index is 10.6. The van der Waals surface area contributed by atoms with E-state index in [-0.39, 0.29) is 11.4 Å². The third-order valence-electron chi connectivity index (χ3n) is 2.23. The first kappa shape index (κ1) is 11.0. The standard InChI is InChI=1S/C10H11N3O2/c1-10(2,6-11)7-3-4-8(12)9(5-7)13(14)15/h3-5H,12H2,1-2H3. The van der Waals surface area contributed by atoms with Gasteiger partial charge in [0.2, 0.25) is 0 Å². The van der Waals surface area contributed by atoms with Crippen LogP contribution >= 0.6 is 0 Å². The van der Waals surface area contributed by atoms with E-state index in [1.807, 2.05) is 0 Å². The van der Waals surface area contributed by atoms with E-state index in [0.29, 0.717) is 5.56 Å². The summed E-state index contributed by atoms with van der Waals surface area (Å²) >= 11 is 0. The predicted octanol–water partition coefficient (Wildman–Crippen LogP) is 1.98. The lowest BCUT2D eigenvalue weighted by Gasteiger charge is -2.15. The van der Waals surface area contributed by atoms with Gasteiger partial charge in [0.15, 0.2) is 0 Å². The van der Waals surface area contributed by atoms with Crippen LogP contribution in [0.2, 0.25) is 0 Å². The largest absolute Gasteiger partial charge is 0.393 e. The fraction of sp³-hybridized carbons (Fsp3) is 0.300. The van der Waals surface area contributed by atoms with Crippen LogP contribution in [0, 0.1) is 21.4 Å². The number of nitriles is 1. The average Bonchev–Trinajstić information content (AvgIpc) is 2.17. The highest BCUT2D eigenvalue weighted by atomic mass is 16.6. The van der Waals surface area contributed by atoms with Gasteiger partial charge in [-0.2, -0.15) is 5.26 Å². The van der Waals surface area contributed by atoms with Crippen molar-refractivity contribution in [3.05, 3.63) is 33.9 Å². The summed E-state index contributed by atoms with van der Waals surface area (Å²) < 4.78 is 0. The van der Waals surface area contributed by atoms with Gasteiger partial charge >= 0.3 is 0 Å². The van der Waals surface area contributed by atoms with Crippen molar-refractivity contribution in [3.8, 4) is 6.07 Å². The Hall–Kier alpha value is -2.09. The maximum Gasteiger partial charge on any atom is 0.292 e. The molecular weight excluding hydrogens is 194 g/mol. The summed E-state index contributed by atoms with van der Waals surface area (Å²) in [4.78, 5) is 10.1. The first-order chi connectivity index (χ1) is 6.88. The number of nitro benzene ring substituents is 1. The number of hydrogen-bond acceptors (Lipinski definition) is 4. The number of rotatable bonds is 2. The van der Waals surface area contributed by atoms with E-state index >= 15 is 0 Å². The lowest BCUT2D eigenvalue weighted by molar-refractivity contribution is -0.384. The molecule has 15 heavy (non-hydrogen) atoms. The van der Waals surface area contributed by atoms with Crippen molar-refractivity contribution < 1.29 is 4.92 Å². The molecule has 0 aliphatic rings. The Kier molecular flexibility index (Phi) is 2.62. The van der Waals surface area contributed by atoms with Gasteiger partial charge in [-0.25, -0.2) is 0 Å². The third kappa shape index (κ3) is 2.05. The first-order valence-electron chi connectivity index (χ1n) is 4.34. The molecule has 2 N–H and O–H groups in total. The Morgan fingerprint density at radius 1 is 1.53 bits per heavy atom. The van der Waals surface area contributed by atoms with E-state index in [0.717, 1.165) is 0 Å². The normalized spacial score (nSPS) is 10.7. The smallest absolute Gasteiger partial charge is 0.292 e. The van der Waals surface area contributed by atoms with Crippen LogP contribution in [0.15, 0.2) is 18.2 Å². The lowest BCUT2D eigenvalue weighted by Crippen LogP contribution is -2.14. The van der Waals surface area contributed by atoms with E-state index in [4.69, 9.17) is 11.0 Å². The Balaban J connectivity index is 3.33. The molecule has 0 fully saturated rings. The molecule has 0 amide bonds. The van der Waals surface area contributed by atoms with Gasteiger partial charge in [-0.05, 0) is 25.5 Å². The zero-order valence-corrected chi connectivity index (χ0v) is 8.52. The number of nitrogens with zero attached hydrogens (tertiary/aromatic N) is 2. The van der Waals surface area contributed by atoms with Gasteiger partial charge in [-0.3, -0.25) is 10.1 Å². The number of nitrogen functional groups attached to an aromatic ring is 1. The van der Waals surface area contributed by atoms with Crippen LogP contribution in [-0.4, -0.2) is 4.92 Å². The Bertz CT molecular complexity index is 446. The highest BCUT2D eigenvalue weighted by molar-refractivity contribution is 5.60. The van der Waals surface area contributed by atoms with Gasteiger partial charge in [0.25, 0.3) is 5.69 Å². The molecule has 5 heteroatoms. The van der Waals surface area contributed by atoms with Crippen molar-refractivity contribution in [1.82, 2.24) is 0 Å². The molecule has 0 saturated heterocycles. The molecule has 5 nitrogen and oxygen atoms in total. The van der Waals surface area contributed by atoms with Crippen LogP contribution < -0.4 is 5.73 Å². The number of nitrogens with two attached hydrogens (primary N) is 1. The molecule has 0 radical (unpaired) electrons. The van der Waals surface area contributed by atoms with E-state index in [1.54, 1.807) is 19.9 Å². The second-order valence-electron chi connectivity index (χ2n) is 3.77. The third-order valence-corrected chi connectivity index (χ3v) is 2.23. The highest BCUT2D eigenvalue weighted by Gasteiger charge is 2.23. The van der Waals surface area contributed by atoms with Crippen LogP contribution in [0.3, 0.4) is 0 Å². The number of hydrogen-bond donors (Lipinski definition) is 1. The summed E-state index contributed by atoms with van der Waals surface area (Å²) in [5.41, 5.74) is 5.24. The van der Waals surface area contributed by atoms with Crippen molar-refractivity contribution in [2.45, 2.75) is 19.3 Å². The molecule has 0 saturated carbocycles. The molecule has 1 aromatic rings. The van der Waals surface area contributed by atoms with E-state index in [9.17, 15) is 10.1 Å². The number of benzene rings is 1. The van der Waals surface area contributed by atoms with Gasteiger partial charge in [0.1, 0.15) is 5.69 Å². The first-order valence-corrected chi connectivity index (χ1v) is 4.34. The van der Waals surface area contributed by atoms with E-state index in [1.165, 1.54) is 12.1 Å². The van der Waals surface area contributed by atoms with Crippen molar-refractivity contribution in [1.29, 1.82) is 5.26 Å². The van der Waals surface area contributed by atoms with Crippen molar-refractivity contribution >= 4 is 11.4 Å². The van der Waals surface area contributed by atoms with Crippen LogP contribution in [0.25, 0.3) is 0 Å². The average molecular weight is 205 g/mol. The molecular formula is C10H11N3O2. The topological polar surface area (TPSA) is 93.0 Å². The second kappa shape index (κ2) is 3.58. The number of nitro groups is 1. The summed E-state index contributed by atoms with van der Waals surface area (Å²) in [7, 11) is 0. The van der Waals surface area contributed by atoms with Gasteiger partial charge in [0, 0.05) is 6.07 Å². The van der Waals surface area contributed by atoms with Crippen molar-refractivity contribution in [3.63, 3.8) is 0 Å². The minimum Gasteiger partial charge on any atom is -0.393 e. The fourth-order valence-corrected chi connectivity index (χ4v) is 1.16. The molecule has 0 aliphatic heterocycles. The lowest BCUT2D eigenvalue weighted by atomic mass is 9.86. The summed E-state index contributed by atoms with van der Waals surface area (Å²) in [6.45, 7) is 3.39. The Morgan fingerprint density at radius 3 is 2.60 bits per heavy atom. The van der Waals surface area contributed by atoms with Gasteiger partial charge in [-0.1, -0.05) is 6.07 Å². The molecule has 0 aliphatic carbocycles. The second-order valence-corrected chi connectivity index (χ2v) is 3.77. The molecule has 0 atom stereocenters. The zero-order valence-electron chi connectivity index (χ0n) is 8.52. The summed E-state index contributed by atoms with van der Waals surface area (Å²) in [6.07, 6.45) is 0. The van der Waals surface area contributed by atoms with Crippen LogP contribution in [0.1, 0.15) is 19.4 Å². The van der Waals surface area contributed by atoms with Gasteiger partial charge in [-0.15, -0.1) is 0 Å². The summed E-state index contributed by atoms with van der Waals surface area (Å²) in [5.74, 6) is 0. The van der Waals surface area contributed by atoms with Crippen LogP contribution in [0.4, 0.5) is 11.4 Å². The molecule has 0 bridgehead atoms. The Labute approximate surface area is 87.3 Å². The fourth-order valence-electron chi connectivity index (χ4n) is 1.16. The monoisotopic (exact) mass is 205 g/mol. The minimum absolute atomic E-state index is 0.109. The summed E-state index contributed by atoms with van der Waals surface area (Å²) in [6, 6.07) is 6.51. The van der Waals surface area contributed by atoms with Crippen LogP contribution in [-0.2, 0) is 5.41 Å². The molecule has 78 valence electrons. The van der Waals surface area contributed by atoms with Crippen molar-refractivity contribution in [2.24, 2.45) is 0 Å². The molecule has 1 aromatic carbocycles. The maximum absolute atomic E-state index is 10.6. The minimum atomic E-state index is -0.752. The molecule has 0 aromatic heterocycles. The molecule has 0 spiro atoms. The Morgan fingerprint density at radius 2 is 2.13 bits per heavy atom. The van der Waals surface area contributed by atoms with E-state index in [2.05, 4.69) is 6.07 Å². The van der Waals surface area contributed by atoms with Gasteiger partial charge in [0.05, 0.1) is 16.4 Å².